The molecule has 0 amide bonds. The van der Waals surface area contributed by atoms with Gasteiger partial charge in [0.2, 0.25) is 0 Å². The Morgan fingerprint density at radius 2 is 2.06 bits per heavy atom. The minimum atomic E-state index is -0.179. The van der Waals surface area contributed by atoms with Gasteiger partial charge in [0.05, 0.1) is 6.10 Å². The molecule has 1 rings (SSSR count). The summed E-state index contributed by atoms with van der Waals surface area (Å²) in [6.07, 6.45) is 7.90. The predicted molar refractivity (Wildman–Crippen MR) is 75.6 cm³/mol. The third kappa shape index (κ3) is 4.72. The Labute approximate surface area is 112 Å². The maximum atomic E-state index is 11.1. The van der Waals surface area contributed by atoms with Crippen LogP contribution in [0.4, 0.5) is 0 Å². The van der Waals surface area contributed by atoms with Crippen LogP contribution < -0.4 is 0 Å². The average molecular weight is 254 g/mol. The molecule has 1 saturated carbocycles. The van der Waals surface area contributed by atoms with Crippen LogP contribution in [0.25, 0.3) is 0 Å². The standard InChI is InChI=1S/C16H30O2/c1-5-6-7-14(11-17)18-16-10-13(4)8-9-15(16)12(2)3/h11-16H,5-10H2,1-4H3. The smallest absolute Gasteiger partial charge is 0.148 e. The Morgan fingerprint density at radius 1 is 1.33 bits per heavy atom. The van der Waals surface area contributed by atoms with Crippen molar-refractivity contribution in [3.05, 3.63) is 0 Å². The number of carbonyl (C=O) groups excluding carboxylic acids is 1. The SMILES string of the molecule is CCCCC(C=O)OC1CC(C)CCC1C(C)C. The summed E-state index contributed by atoms with van der Waals surface area (Å²) >= 11 is 0. The summed E-state index contributed by atoms with van der Waals surface area (Å²) in [4.78, 5) is 11.1. The van der Waals surface area contributed by atoms with E-state index in [4.69, 9.17) is 4.74 Å². The normalized spacial score (nSPS) is 30.4. The summed E-state index contributed by atoms with van der Waals surface area (Å²) in [7, 11) is 0. The Bertz CT molecular complexity index is 237. The number of aldehydes is 1. The highest BCUT2D eigenvalue weighted by Crippen LogP contribution is 2.36. The third-order valence-electron chi connectivity index (χ3n) is 4.30. The summed E-state index contributed by atoms with van der Waals surface area (Å²) in [5.74, 6) is 2.02. The van der Waals surface area contributed by atoms with E-state index in [2.05, 4.69) is 27.7 Å². The molecule has 0 bridgehead atoms. The molecule has 18 heavy (non-hydrogen) atoms. The maximum Gasteiger partial charge on any atom is 0.148 e. The van der Waals surface area contributed by atoms with Crippen LogP contribution in [0.1, 0.15) is 66.2 Å². The maximum absolute atomic E-state index is 11.1. The molecule has 1 aliphatic carbocycles. The molecule has 0 heterocycles. The molecule has 2 heteroatoms. The highest BCUT2D eigenvalue weighted by Gasteiger charge is 2.32. The molecule has 0 radical (unpaired) electrons. The molecule has 4 atom stereocenters. The van der Waals surface area contributed by atoms with Gasteiger partial charge in [-0.15, -0.1) is 0 Å². The first-order valence-corrected chi connectivity index (χ1v) is 7.69. The van der Waals surface area contributed by atoms with Gasteiger partial charge in [-0.05, 0) is 37.0 Å². The van der Waals surface area contributed by atoms with E-state index < -0.39 is 0 Å². The molecule has 1 fully saturated rings. The molecule has 0 aliphatic heterocycles. The van der Waals surface area contributed by atoms with Crippen molar-refractivity contribution in [1.82, 2.24) is 0 Å². The summed E-state index contributed by atoms with van der Waals surface area (Å²) < 4.78 is 6.12. The highest BCUT2D eigenvalue weighted by atomic mass is 16.5. The fourth-order valence-corrected chi connectivity index (χ4v) is 3.07. The van der Waals surface area contributed by atoms with E-state index in [0.29, 0.717) is 17.9 Å². The Kier molecular flexibility index (Phi) is 6.91. The van der Waals surface area contributed by atoms with E-state index in [9.17, 15) is 4.79 Å². The average Bonchev–Trinajstić information content (AvgIpc) is 2.34. The zero-order valence-electron chi connectivity index (χ0n) is 12.5. The molecule has 4 unspecified atom stereocenters. The van der Waals surface area contributed by atoms with Crippen molar-refractivity contribution in [1.29, 1.82) is 0 Å². The second kappa shape index (κ2) is 7.93. The molecule has 0 aromatic heterocycles. The first-order valence-electron chi connectivity index (χ1n) is 7.69. The fourth-order valence-electron chi connectivity index (χ4n) is 3.07. The number of carbonyl (C=O) groups is 1. The highest BCUT2D eigenvalue weighted by molar-refractivity contribution is 5.55. The van der Waals surface area contributed by atoms with Crippen LogP contribution in [0.2, 0.25) is 0 Å². The second-order valence-electron chi connectivity index (χ2n) is 6.32. The van der Waals surface area contributed by atoms with Gasteiger partial charge in [0.15, 0.2) is 0 Å². The molecular formula is C16H30O2. The van der Waals surface area contributed by atoms with Crippen molar-refractivity contribution >= 4 is 6.29 Å². The van der Waals surface area contributed by atoms with Crippen molar-refractivity contribution in [2.45, 2.75) is 78.4 Å². The van der Waals surface area contributed by atoms with Gasteiger partial charge < -0.3 is 9.53 Å². The molecule has 106 valence electrons. The molecule has 0 saturated heterocycles. The summed E-state index contributed by atoms with van der Waals surface area (Å²) in [6, 6.07) is 0. The fraction of sp³-hybridized carbons (Fsp3) is 0.938. The first kappa shape index (κ1) is 15.7. The lowest BCUT2D eigenvalue weighted by molar-refractivity contribution is -0.130. The number of rotatable bonds is 7. The summed E-state index contributed by atoms with van der Waals surface area (Å²) in [5, 5.41) is 0. The number of unbranched alkanes of at least 4 members (excludes halogenated alkanes) is 1. The van der Waals surface area contributed by atoms with Crippen LogP contribution in [0.15, 0.2) is 0 Å². The van der Waals surface area contributed by atoms with Gasteiger partial charge in [0, 0.05) is 0 Å². The number of hydrogen-bond acceptors (Lipinski definition) is 2. The van der Waals surface area contributed by atoms with Crippen LogP contribution in [0, 0.1) is 17.8 Å². The quantitative estimate of drug-likeness (QED) is 0.636. The van der Waals surface area contributed by atoms with E-state index in [1.54, 1.807) is 0 Å². The first-order chi connectivity index (χ1) is 8.58. The zero-order valence-corrected chi connectivity index (χ0v) is 12.5. The van der Waals surface area contributed by atoms with Crippen molar-refractivity contribution in [2.75, 3.05) is 0 Å². The van der Waals surface area contributed by atoms with Gasteiger partial charge >= 0.3 is 0 Å². The van der Waals surface area contributed by atoms with Crippen molar-refractivity contribution in [3.63, 3.8) is 0 Å². The molecule has 0 N–H and O–H groups in total. The van der Waals surface area contributed by atoms with Crippen molar-refractivity contribution in [3.8, 4) is 0 Å². The number of ether oxygens (including phenoxy) is 1. The molecule has 0 aromatic rings. The Hall–Kier alpha value is -0.370. The molecule has 0 spiro atoms. The van der Waals surface area contributed by atoms with E-state index in [1.807, 2.05) is 0 Å². The lowest BCUT2D eigenvalue weighted by Crippen LogP contribution is -2.37. The minimum Gasteiger partial charge on any atom is -0.367 e. The van der Waals surface area contributed by atoms with Crippen molar-refractivity contribution in [2.24, 2.45) is 17.8 Å². The monoisotopic (exact) mass is 254 g/mol. The van der Waals surface area contributed by atoms with Crippen LogP contribution in [0.3, 0.4) is 0 Å². The van der Waals surface area contributed by atoms with Gasteiger partial charge in [-0.1, -0.05) is 47.0 Å². The second-order valence-corrected chi connectivity index (χ2v) is 6.32. The van der Waals surface area contributed by atoms with Crippen molar-refractivity contribution < 1.29 is 9.53 Å². The van der Waals surface area contributed by atoms with Gasteiger partial charge in [0.25, 0.3) is 0 Å². The lowest BCUT2D eigenvalue weighted by Gasteiger charge is -2.38. The molecule has 1 aliphatic rings. The third-order valence-corrected chi connectivity index (χ3v) is 4.30. The van der Waals surface area contributed by atoms with E-state index in [-0.39, 0.29) is 6.10 Å². The zero-order chi connectivity index (χ0) is 13.5. The largest absolute Gasteiger partial charge is 0.367 e. The predicted octanol–water partition coefficient (Wildman–Crippen LogP) is 4.22. The summed E-state index contributed by atoms with van der Waals surface area (Å²) in [6.45, 7) is 9.01. The molecular weight excluding hydrogens is 224 g/mol. The summed E-state index contributed by atoms with van der Waals surface area (Å²) in [5.41, 5.74) is 0. The van der Waals surface area contributed by atoms with Gasteiger partial charge in [-0.3, -0.25) is 0 Å². The van der Waals surface area contributed by atoms with E-state index >= 15 is 0 Å². The minimum absolute atomic E-state index is 0.179. The topological polar surface area (TPSA) is 26.3 Å². The van der Waals surface area contributed by atoms with Gasteiger partial charge in [-0.25, -0.2) is 0 Å². The Balaban J connectivity index is 2.55. The molecule has 0 aromatic carbocycles. The van der Waals surface area contributed by atoms with Crippen LogP contribution in [-0.4, -0.2) is 18.5 Å². The van der Waals surface area contributed by atoms with Crippen LogP contribution in [0.5, 0.6) is 0 Å². The lowest BCUT2D eigenvalue weighted by atomic mass is 9.75. The van der Waals surface area contributed by atoms with Crippen LogP contribution in [-0.2, 0) is 9.53 Å². The van der Waals surface area contributed by atoms with Gasteiger partial charge in [0.1, 0.15) is 12.4 Å². The molecule has 2 nitrogen and oxygen atoms in total. The van der Waals surface area contributed by atoms with E-state index in [1.165, 1.54) is 12.8 Å². The van der Waals surface area contributed by atoms with E-state index in [0.717, 1.165) is 37.9 Å². The Morgan fingerprint density at radius 3 is 2.61 bits per heavy atom. The number of hydrogen-bond donors (Lipinski definition) is 0. The van der Waals surface area contributed by atoms with Crippen LogP contribution >= 0.6 is 0 Å². The van der Waals surface area contributed by atoms with Gasteiger partial charge in [-0.2, -0.15) is 0 Å².